The molecule has 7 heteroatoms. The zero-order valence-electron chi connectivity index (χ0n) is 14.3. The van der Waals surface area contributed by atoms with Gasteiger partial charge in [0.25, 0.3) is 0 Å². The first kappa shape index (κ1) is 16.4. The largest absolute Gasteiger partial charge is 0.339 e. The summed E-state index contributed by atoms with van der Waals surface area (Å²) in [6.07, 6.45) is 3.76. The first-order chi connectivity index (χ1) is 12.3. The maximum atomic E-state index is 12.5. The molecule has 0 radical (unpaired) electrons. The Kier molecular flexibility index (Phi) is 4.59. The fraction of sp³-hybridized carbons (Fsp3) is 0.389. The molecule has 6 nitrogen and oxygen atoms in total. The highest BCUT2D eigenvalue weighted by molar-refractivity contribution is 8.00. The van der Waals surface area contributed by atoms with E-state index >= 15 is 0 Å². The number of hydrogen-bond acceptors (Lipinski definition) is 5. The van der Waals surface area contributed by atoms with Crippen LogP contribution in [0.4, 0.5) is 0 Å². The van der Waals surface area contributed by atoms with Gasteiger partial charge in [-0.2, -0.15) is 0 Å². The molecule has 0 N–H and O–H groups in total. The molecule has 0 unspecified atom stereocenters. The minimum absolute atomic E-state index is 0.188. The minimum Gasteiger partial charge on any atom is -0.339 e. The number of carbonyl (C=O) groups excluding carboxylic acids is 1. The van der Waals surface area contributed by atoms with E-state index in [0.717, 1.165) is 48.8 Å². The lowest BCUT2D eigenvalue weighted by atomic mass is 10.3. The minimum atomic E-state index is 0.188. The van der Waals surface area contributed by atoms with Crippen molar-refractivity contribution >= 4 is 34.3 Å². The van der Waals surface area contributed by atoms with Crippen molar-refractivity contribution in [1.82, 2.24) is 24.2 Å². The van der Waals surface area contributed by atoms with Crippen LogP contribution < -0.4 is 0 Å². The standard InChI is InChI=1S/C18H21N5OS/c1-2-21-9-11-22(12-10-21)16(24)13-25-18-15-6-4-8-23(15)14-5-3-7-19-17(14)20-18/h3-8H,2,9-13H2,1H3. The molecule has 4 rings (SSSR count). The van der Waals surface area contributed by atoms with Crippen molar-refractivity contribution in [2.45, 2.75) is 11.9 Å². The number of pyridine rings is 1. The quantitative estimate of drug-likeness (QED) is 0.671. The van der Waals surface area contributed by atoms with Crippen molar-refractivity contribution in [3.63, 3.8) is 0 Å². The topological polar surface area (TPSA) is 53.7 Å². The molecule has 1 fully saturated rings. The summed E-state index contributed by atoms with van der Waals surface area (Å²) in [5.74, 6) is 0.603. The van der Waals surface area contributed by atoms with Gasteiger partial charge in [-0.25, -0.2) is 9.97 Å². The van der Waals surface area contributed by atoms with Crippen LogP contribution in [0.2, 0.25) is 0 Å². The van der Waals surface area contributed by atoms with E-state index in [2.05, 4.69) is 26.2 Å². The van der Waals surface area contributed by atoms with E-state index < -0.39 is 0 Å². The number of piperazine rings is 1. The van der Waals surface area contributed by atoms with E-state index in [1.807, 2.05) is 35.4 Å². The van der Waals surface area contributed by atoms with Gasteiger partial charge in [-0.15, -0.1) is 0 Å². The van der Waals surface area contributed by atoms with E-state index in [0.29, 0.717) is 11.4 Å². The van der Waals surface area contributed by atoms with Crippen LogP contribution in [-0.4, -0.2) is 68.6 Å². The highest BCUT2D eigenvalue weighted by Gasteiger charge is 2.20. The molecule has 130 valence electrons. The molecular formula is C18H21N5OS. The average molecular weight is 355 g/mol. The molecule has 1 aliphatic rings. The molecule has 1 saturated heterocycles. The molecule has 4 heterocycles. The SMILES string of the molecule is CCN1CCN(C(=O)CSc2nc3ncccc3n3cccc23)CC1. The summed E-state index contributed by atoms with van der Waals surface area (Å²) in [6.45, 7) is 6.79. The predicted molar refractivity (Wildman–Crippen MR) is 99.9 cm³/mol. The molecule has 0 aromatic carbocycles. The first-order valence-electron chi connectivity index (χ1n) is 8.61. The highest BCUT2D eigenvalue weighted by atomic mass is 32.2. The molecule has 0 saturated carbocycles. The van der Waals surface area contributed by atoms with Gasteiger partial charge in [-0.05, 0) is 30.8 Å². The third kappa shape index (κ3) is 3.21. The van der Waals surface area contributed by atoms with Crippen molar-refractivity contribution in [2.75, 3.05) is 38.5 Å². The summed E-state index contributed by atoms with van der Waals surface area (Å²) in [5.41, 5.74) is 2.71. The number of likely N-dealkylation sites (N-methyl/N-ethyl adjacent to an activating group) is 1. The molecule has 0 spiro atoms. The number of hydrogen-bond donors (Lipinski definition) is 0. The Bertz CT molecular complexity index is 901. The first-order valence-corrected chi connectivity index (χ1v) is 9.59. The van der Waals surface area contributed by atoms with Gasteiger partial charge in [0.2, 0.25) is 5.91 Å². The van der Waals surface area contributed by atoms with E-state index in [1.54, 1.807) is 6.20 Å². The van der Waals surface area contributed by atoms with Crippen molar-refractivity contribution in [2.24, 2.45) is 0 Å². The second-order valence-corrected chi connectivity index (χ2v) is 7.09. The monoisotopic (exact) mass is 355 g/mol. The van der Waals surface area contributed by atoms with Crippen LogP contribution in [-0.2, 0) is 4.79 Å². The summed E-state index contributed by atoms with van der Waals surface area (Å²) < 4.78 is 2.09. The Balaban J connectivity index is 1.51. The van der Waals surface area contributed by atoms with Crippen molar-refractivity contribution < 1.29 is 4.79 Å². The third-order valence-electron chi connectivity index (χ3n) is 4.71. The molecule has 0 bridgehead atoms. The summed E-state index contributed by atoms with van der Waals surface area (Å²) in [6, 6.07) is 7.95. The van der Waals surface area contributed by atoms with Crippen LogP contribution in [0.1, 0.15) is 6.92 Å². The summed E-state index contributed by atoms with van der Waals surface area (Å²) in [7, 11) is 0. The molecular weight excluding hydrogens is 334 g/mol. The maximum Gasteiger partial charge on any atom is 0.233 e. The summed E-state index contributed by atoms with van der Waals surface area (Å²) in [4.78, 5) is 25.9. The molecule has 3 aromatic heterocycles. The van der Waals surface area contributed by atoms with Gasteiger partial charge in [0.05, 0.1) is 16.8 Å². The van der Waals surface area contributed by atoms with Gasteiger partial charge < -0.3 is 14.2 Å². The Labute approximate surface area is 150 Å². The number of aromatic nitrogens is 3. The van der Waals surface area contributed by atoms with Gasteiger partial charge in [0.1, 0.15) is 5.03 Å². The molecule has 0 atom stereocenters. The van der Waals surface area contributed by atoms with Crippen molar-refractivity contribution in [1.29, 1.82) is 0 Å². The lowest BCUT2D eigenvalue weighted by Crippen LogP contribution is -2.49. The lowest BCUT2D eigenvalue weighted by Gasteiger charge is -2.34. The zero-order chi connectivity index (χ0) is 17.2. The van der Waals surface area contributed by atoms with Gasteiger partial charge in [0, 0.05) is 38.6 Å². The van der Waals surface area contributed by atoms with Crippen molar-refractivity contribution in [3.8, 4) is 0 Å². The van der Waals surface area contributed by atoms with Crippen LogP contribution in [0.5, 0.6) is 0 Å². The van der Waals surface area contributed by atoms with E-state index in [1.165, 1.54) is 11.8 Å². The summed E-state index contributed by atoms with van der Waals surface area (Å²) in [5, 5.41) is 0.858. The Hall–Kier alpha value is -2.12. The van der Waals surface area contributed by atoms with Gasteiger partial charge in [0.15, 0.2) is 5.65 Å². The van der Waals surface area contributed by atoms with Gasteiger partial charge in [-0.1, -0.05) is 18.7 Å². The van der Waals surface area contributed by atoms with E-state index in [-0.39, 0.29) is 5.91 Å². The number of fused-ring (bicyclic) bond motifs is 3. The number of thioether (sulfide) groups is 1. The predicted octanol–water partition coefficient (Wildman–Crippen LogP) is 2.14. The fourth-order valence-electron chi connectivity index (χ4n) is 3.22. The second kappa shape index (κ2) is 7.01. The molecule has 0 aliphatic carbocycles. The fourth-order valence-corrected chi connectivity index (χ4v) is 4.13. The highest BCUT2D eigenvalue weighted by Crippen LogP contribution is 2.26. The molecule has 1 amide bonds. The second-order valence-electron chi connectivity index (χ2n) is 6.13. The molecule has 25 heavy (non-hydrogen) atoms. The maximum absolute atomic E-state index is 12.5. The van der Waals surface area contributed by atoms with Crippen LogP contribution in [0.15, 0.2) is 41.7 Å². The Morgan fingerprint density at radius 3 is 2.76 bits per heavy atom. The normalized spacial score (nSPS) is 16.0. The summed E-state index contributed by atoms with van der Waals surface area (Å²) >= 11 is 1.50. The zero-order valence-corrected chi connectivity index (χ0v) is 15.1. The Morgan fingerprint density at radius 1 is 1.16 bits per heavy atom. The number of carbonyl (C=O) groups is 1. The number of nitrogens with zero attached hydrogens (tertiary/aromatic N) is 5. The number of amides is 1. The van der Waals surface area contributed by atoms with Gasteiger partial charge in [-0.3, -0.25) is 4.79 Å². The lowest BCUT2D eigenvalue weighted by molar-refractivity contribution is -0.130. The van der Waals surface area contributed by atoms with Gasteiger partial charge >= 0.3 is 0 Å². The number of rotatable bonds is 4. The van der Waals surface area contributed by atoms with Crippen LogP contribution in [0.25, 0.3) is 16.7 Å². The van der Waals surface area contributed by atoms with Crippen LogP contribution >= 0.6 is 11.8 Å². The molecule has 1 aliphatic heterocycles. The average Bonchev–Trinajstić information content (AvgIpc) is 3.16. The Morgan fingerprint density at radius 2 is 1.96 bits per heavy atom. The third-order valence-corrected chi connectivity index (χ3v) is 5.67. The van der Waals surface area contributed by atoms with E-state index in [4.69, 9.17) is 0 Å². The van der Waals surface area contributed by atoms with Crippen LogP contribution in [0.3, 0.4) is 0 Å². The van der Waals surface area contributed by atoms with Crippen molar-refractivity contribution in [3.05, 3.63) is 36.7 Å². The van der Waals surface area contributed by atoms with Crippen LogP contribution in [0, 0.1) is 0 Å². The smallest absolute Gasteiger partial charge is 0.233 e. The van der Waals surface area contributed by atoms with E-state index in [9.17, 15) is 4.79 Å². The molecule has 3 aromatic rings.